The largest absolute Gasteiger partial charge is 0.467 e. The van der Waals surface area contributed by atoms with Crippen molar-refractivity contribution in [2.75, 3.05) is 33.4 Å². The van der Waals surface area contributed by atoms with E-state index in [1.54, 1.807) is 0 Å². The predicted octanol–water partition coefficient (Wildman–Crippen LogP) is 0.516. The number of hydrogen-bond donors (Lipinski definition) is 1. The highest BCUT2D eigenvalue weighted by atomic mass is 16.5. The van der Waals surface area contributed by atoms with E-state index in [9.17, 15) is 4.79 Å². The van der Waals surface area contributed by atoms with Gasteiger partial charge in [0.15, 0.2) is 0 Å². The van der Waals surface area contributed by atoms with Crippen LogP contribution in [0.2, 0.25) is 0 Å². The third-order valence-electron chi connectivity index (χ3n) is 3.34. The van der Waals surface area contributed by atoms with Gasteiger partial charge in [0.2, 0.25) is 0 Å². The number of carbonyl (C=O) groups is 1. The van der Waals surface area contributed by atoms with Crippen molar-refractivity contribution in [1.29, 1.82) is 0 Å². The van der Waals surface area contributed by atoms with Gasteiger partial charge < -0.3 is 14.8 Å². The number of methoxy groups -OCH3 is 1. The van der Waals surface area contributed by atoms with Crippen LogP contribution in [0.4, 0.5) is 0 Å². The standard InChI is InChI=1S/C13H22N2O3/c1-13(2)9-15(6-7-18-13)8-10-4-5-11(14-10)12(16)17-3/h4,11,14H,5-9H2,1-3H3. The fourth-order valence-corrected chi connectivity index (χ4v) is 2.50. The Balaban J connectivity index is 1.83. The number of morpholine rings is 1. The van der Waals surface area contributed by atoms with E-state index < -0.39 is 0 Å². The van der Waals surface area contributed by atoms with E-state index in [-0.39, 0.29) is 17.6 Å². The first kappa shape index (κ1) is 13.4. The van der Waals surface area contributed by atoms with Gasteiger partial charge in [0.25, 0.3) is 0 Å². The number of nitrogens with zero attached hydrogens (tertiary/aromatic N) is 1. The van der Waals surface area contributed by atoms with Crippen LogP contribution in [-0.2, 0) is 14.3 Å². The number of hydrogen-bond acceptors (Lipinski definition) is 5. The number of esters is 1. The monoisotopic (exact) mass is 254 g/mol. The molecule has 5 heteroatoms. The van der Waals surface area contributed by atoms with Crippen LogP contribution in [-0.4, -0.2) is 55.9 Å². The molecule has 18 heavy (non-hydrogen) atoms. The Kier molecular flexibility index (Phi) is 3.92. The Morgan fingerprint density at radius 3 is 3.11 bits per heavy atom. The van der Waals surface area contributed by atoms with Gasteiger partial charge in [-0.25, -0.2) is 4.79 Å². The minimum absolute atomic E-state index is 0.0842. The lowest BCUT2D eigenvalue weighted by Crippen LogP contribution is -2.49. The molecule has 1 saturated heterocycles. The average Bonchev–Trinajstić information content (AvgIpc) is 2.75. The van der Waals surface area contributed by atoms with Crippen molar-refractivity contribution in [3.63, 3.8) is 0 Å². The van der Waals surface area contributed by atoms with Gasteiger partial charge in [-0.3, -0.25) is 4.90 Å². The SMILES string of the molecule is COC(=O)C1CC=C(CN2CCOC(C)(C)C2)N1. The van der Waals surface area contributed by atoms with E-state index >= 15 is 0 Å². The topological polar surface area (TPSA) is 50.8 Å². The minimum atomic E-state index is -0.209. The van der Waals surface area contributed by atoms with Crippen LogP contribution in [0, 0.1) is 0 Å². The summed E-state index contributed by atoms with van der Waals surface area (Å²) in [4.78, 5) is 13.8. The highest BCUT2D eigenvalue weighted by molar-refractivity contribution is 5.76. The molecule has 1 atom stereocenters. The van der Waals surface area contributed by atoms with Crippen molar-refractivity contribution in [3.05, 3.63) is 11.8 Å². The van der Waals surface area contributed by atoms with Crippen molar-refractivity contribution >= 4 is 5.97 Å². The Hall–Kier alpha value is -1.07. The molecule has 5 nitrogen and oxygen atoms in total. The van der Waals surface area contributed by atoms with Crippen molar-refractivity contribution < 1.29 is 14.3 Å². The molecule has 0 aromatic rings. The van der Waals surface area contributed by atoms with E-state index in [1.165, 1.54) is 7.11 Å². The zero-order valence-electron chi connectivity index (χ0n) is 11.4. The van der Waals surface area contributed by atoms with Gasteiger partial charge in [-0.2, -0.15) is 0 Å². The Morgan fingerprint density at radius 2 is 2.44 bits per heavy atom. The van der Waals surface area contributed by atoms with Crippen molar-refractivity contribution in [2.24, 2.45) is 0 Å². The van der Waals surface area contributed by atoms with Gasteiger partial charge in [-0.15, -0.1) is 0 Å². The summed E-state index contributed by atoms with van der Waals surface area (Å²) in [5, 5.41) is 3.22. The average molecular weight is 254 g/mol. The molecule has 102 valence electrons. The maximum Gasteiger partial charge on any atom is 0.328 e. The van der Waals surface area contributed by atoms with Gasteiger partial charge in [-0.05, 0) is 20.3 Å². The van der Waals surface area contributed by atoms with Crippen molar-refractivity contribution in [3.8, 4) is 0 Å². The molecule has 0 radical (unpaired) electrons. The number of rotatable bonds is 3. The predicted molar refractivity (Wildman–Crippen MR) is 68.1 cm³/mol. The summed E-state index contributed by atoms with van der Waals surface area (Å²) in [6, 6.07) is -0.209. The molecule has 0 aliphatic carbocycles. The summed E-state index contributed by atoms with van der Waals surface area (Å²) >= 11 is 0. The van der Waals surface area contributed by atoms with Crippen LogP contribution in [0.3, 0.4) is 0 Å². The zero-order valence-corrected chi connectivity index (χ0v) is 11.4. The van der Waals surface area contributed by atoms with Crippen molar-refractivity contribution in [2.45, 2.75) is 31.9 Å². The maximum absolute atomic E-state index is 11.4. The molecule has 2 heterocycles. The highest BCUT2D eigenvalue weighted by Gasteiger charge is 2.29. The summed E-state index contributed by atoms with van der Waals surface area (Å²) in [7, 11) is 1.42. The second-order valence-corrected chi connectivity index (χ2v) is 5.50. The molecule has 0 bridgehead atoms. The van der Waals surface area contributed by atoms with E-state index in [0.29, 0.717) is 0 Å². The molecule has 0 amide bonds. The quantitative estimate of drug-likeness (QED) is 0.744. The van der Waals surface area contributed by atoms with Crippen LogP contribution >= 0.6 is 0 Å². The highest BCUT2D eigenvalue weighted by Crippen LogP contribution is 2.18. The molecule has 0 aromatic carbocycles. The smallest absolute Gasteiger partial charge is 0.328 e. The maximum atomic E-state index is 11.4. The Bertz CT molecular complexity index is 352. The molecule has 1 N–H and O–H groups in total. The number of ether oxygens (including phenoxy) is 2. The van der Waals surface area contributed by atoms with E-state index in [4.69, 9.17) is 9.47 Å². The summed E-state index contributed by atoms with van der Waals surface area (Å²) < 4.78 is 10.4. The fourth-order valence-electron chi connectivity index (χ4n) is 2.50. The number of carbonyl (C=O) groups excluding carboxylic acids is 1. The normalized spacial score (nSPS) is 27.5. The van der Waals surface area contributed by atoms with Gasteiger partial charge in [0, 0.05) is 25.3 Å². The first-order chi connectivity index (χ1) is 8.50. The second kappa shape index (κ2) is 5.28. The van der Waals surface area contributed by atoms with Gasteiger partial charge in [-0.1, -0.05) is 6.08 Å². The van der Waals surface area contributed by atoms with E-state index in [1.807, 2.05) is 0 Å². The van der Waals surface area contributed by atoms with Gasteiger partial charge in [0.05, 0.1) is 19.3 Å². The lowest BCUT2D eigenvalue weighted by Gasteiger charge is -2.38. The second-order valence-electron chi connectivity index (χ2n) is 5.50. The van der Waals surface area contributed by atoms with Crippen LogP contribution in [0.1, 0.15) is 20.3 Å². The molecular weight excluding hydrogens is 232 g/mol. The molecule has 0 spiro atoms. The van der Waals surface area contributed by atoms with Crippen LogP contribution < -0.4 is 5.32 Å². The molecule has 0 saturated carbocycles. The molecule has 1 unspecified atom stereocenters. The molecule has 2 aliphatic rings. The summed E-state index contributed by atoms with van der Waals surface area (Å²) in [5.41, 5.74) is 1.03. The first-order valence-corrected chi connectivity index (χ1v) is 6.40. The van der Waals surface area contributed by atoms with Crippen LogP contribution in [0.5, 0.6) is 0 Å². The van der Waals surface area contributed by atoms with Gasteiger partial charge >= 0.3 is 5.97 Å². The summed E-state index contributed by atoms with van der Waals surface area (Å²) in [5.74, 6) is -0.191. The van der Waals surface area contributed by atoms with E-state index in [0.717, 1.165) is 38.4 Å². The van der Waals surface area contributed by atoms with Gasteiger partial charge in [0.1, 0.15) is 6.04 Å². The number of nitrogens with one attached hydrogen (secondary N) is 1. The molecule has 1 fully saturated rings. The van der Waals surface area contributed by atoms with E-state index in [2.05, 4.69) is 30.1 Å². The lowest BCUT2D eigenvalue weighted by atomic mass is 10.1. The molecular formula is C13H22N2O3. The third-order valence-corrected chi connectivity index (χ3v) is 3.34. The third kappa shape index (κ3) is 3.23. The summed E-state index contributed by atoms with van der Waals surface area (Å²) in [6.45, 7) is 7.67. The minimum Gasteiger partial charge on any atom is -0.467 e. The lowest BCUT2D eigenvalue weighted by molar-refractivity contribution is -0.142. The molecule has 2 rings (SSSR count). The first-order valence-electron chi connectivity index (χ1n) is 6.40. The van der Waals surface area contributed by atoms with Crippen molar-refractivity contribution in [1.82, 2.24) is 10.2 Å². The molecule has 0 aromatic heterocycles. The molecule has 2 aliphatic heterocycles. The van der Waals surface area contributed by atoms with Crippen LogP contribution in [0.25, 0.3) is 0 Å². The fraction of sp³-hybridized carbons (Fsp3) is 0.769. The zero-order chi connectivity index (χ0) is 13.2. The summed E-state index contributed by atoms with van der Waals surface area (Å²) in [6.07, 6.45) is 2.81. The Morgan fingerprint density at radius 1 is 1.67 bits per heavy atom. The van der Waals surface area contributed by atoms with Crippen LogP contribution in [0.15, 0.2) is 11.8 Å². The Labute approximate surface area is 108 Å².